The molecule has 0 bridgehead atoms. The molecule has 60 heavy (non-hydrogen) atoms. The first-order chi connectivity index (χ1) is 27.9. The Labute approximate surface area is 325 Å². The van der Waals surface area contributed by atoms with Crippen LogP contribution in [0.15, 0.2) is 109 Å². The van der Waals surface area contributed by atoms with E-state index in [2.05, 4.69) is 0 Å². The number of rotatable bonds is 3. The van der Waals surface area contributed by atoms with Gasteiger partial charge >= 0.3 is 30.9 Å². The van der Waals surface area contributed by atoms with Crippen LogP contribution in [0.4, 0.5) is 65.9 Å². The summed E-state index contributed by atoms with van der Waals surface area (Å²) in [6.07, 6.45) is -24.9. The summed E-state index contributed by atoms with van der Waals surface area (Å²) in [6, 6.07) is 16.1. The van der Waals surface area contributed by atoms with Gasteiger partial charge in [0.15, 0.2) is 0 Å². The van der Waals surface area contributed by atoms with Gasteiger partial charge in [-0.15, -0.1) is 0 Å². The number of fused-ring (bicyclic) bond motifs is 6. The molecular weight excluding hydrogens is 831 g/mol. The van der Waals surface area contributed by atoms with Crippen molar-refractivity contribution in [2.75, 3.05) is 0 Å². The molecule has 18 heteroatoms. The average molecular weight is 850 g/mol. The van der Waals surface area contributed by atoms with Gasteiger partial charge < -0.3 is 9.13 Å². The molecule has 306 valence electrons. The van der Waals surface area contributed by atoms with Crippen molar-refractivity contribution in [1.29, 1.82) is 5.26 Å². The van der Waals surface area contributed by atoms with Crippen LogP contribution in [0.1, 0.15) is 33.4 Å². The molecule has 8 rings (SSSR count). The third-order valence-corrected chi connectivity index (χ3v) is 10.1. The summed E-state index contributed by atoms with van der Waals surface area (Å²) in [5.41, 5.74) is -8.20. The van der Waals surface area contributed by atoms with Crippen molar-refractivity contribution < 1.29 is 65.9 Å². The third-order valence-electron chi connectivity index (χ3n) is 10.1. The highest BCUT2D eigenvalue weighted by atomic mass is 19.4. The molecule has 0 fully saturated rings. The van der Waals surface area contributed by atoms with E-state index in [-0.39, 0.29) is 66.1 Å². The van der Waals surface area contributed by atoms with E-state index in [1.54, 1.807) is 0 Å². The quantitative estimate of drug-likeness (QED) is 0.163. The Kier molecular flexibility index (Phi) is 8.82. The summed E-state index contributed by atoms with van der Waals surface area (Å²) in [5, 5.41) is 8.50. The first kappa shape index (κ1) is 40.2. The van der Waals surface area contributed by atoms with Crippen molar-refractivity contribution in [2.24, 2.45) is 0 Å². The fourth-order valence-corrected chi connectivity index (χ4v) is 7.41. The van der Waals surface area contributed by atoms with Crippen LogP contribution in [-0.4, -0.2) is 9.13 Å². The normalized spacial score (nSPS) is 13.2. The van der Waals surface area contributed by atoms with Gasteiger partial charge in [0.2, 0.25) is 0 Å². The van der Waals surface area contributed by atoms with Crippen LogP contribution in [-0.2, 0) is 30.9 Å². The second-order valence-corrected chi connectivity index (χ2v) is 13.7. The first-order valence-corrected chi connectivity index (χ1v) is 17.1. The van der Waals surface area contributed by atoms with Crippen molar-refractivity contribution in [3.63, 3.8) is 0 Å². The van der Waals surface area contributed by atoms with E-state index in [1.165, 1.54) is 0 Å². The lowest BCUT2D eigenvalue weighted by Gasteiger charge is -2.20. The Morgan fingerprint density at radius 2 is 0.650 bits per heavy atom. The van der Waals surface area contributed by atoms with E-state index in [4.69, 9.17) is 0 Å². The summed E-state index contributed by atoms with van der Waals surface area (Å²) in [5.74, 6) is 0. The number of benzene rings is 6. The van der Waals surface area contributed by atoms with Crippen LogP contribution in [0.25, 0.3) is 66.1 Å². The largest absolute Gasteiger partial charge is 0.416 e. The van der Waals surface area contributed by atoms with E-state index in [0.29, 0.717) is 60.7 Å². The minimum Gasteiger partial charge on any atom is -0.309 e. The van der Waals surface area contributed by atoms with Crippen LogP contribution in [0, 0.1) is 11.3 Å². The van der Waals surface area contributed by atoms with E-state index in [0.717, 1.165) is 57.7 Å². The highest BCUT2D eigenvalue weighted by Gasteiger charge is 2.37. The lowest BCUT2D eigenvalue weighted by atomic mass is 9.97. The van der Waals surface area contributed by atoms with Crippen molar-refractivity contribution in [1.82, 2.24) is 9.13 Å². The number of alkyl halides is 15. The van der Waals surface area contributed by atoms with Crippen molar-refractivity contribution in [3.05, 3.63) is 143 Å². The highest BCUT2D eigenvalue weighted by Crippen LogP contribution is 2.46. The van der Waals surface area contributed by atoms with Gasteiger partial charge in [0, 0.05) is 32.7 Å². The summed E-state index contributed by atoms with van der Waals surface area (Å²) in [6.45, 7) is 0. The van der Waals surface area contributed by atoms with Crippen molar-refractivity contribution in [3.8, 4) is 28.6 Å². The standard InChI is InChI=1S/C42H18F15N3/c43-38(44,45)21-2-8-32(59-33-9-3-22(39(46,47)48)15-28(33)29-16-23(40(49,50)51)4-10-34(29)59)27(14-21)26-7-1-20(19-58)13-37(26)60-35-11-5-24(41(52,53)54)17-30(35)31-18-25(42(55,56)57)6-12-36(31)60/h1-18H. The van der Waals surface area contributed by atoms with Crippen molar-refractivity contribution >= 4 is 43.6 Å². The minimum absolute atomic E-state index is 0.160. The molecule has 8 aromatic rings. The van der Waals surface area contributed by atoms with Crippen LogP contribution < -0.4 is 0 Å². The summed E-state index contributed by atoms with van der Waals surface area (Å²) >= 11 is 0. The van der Waals surface area contributed by atoms with E-state index >= 15 is 0 Å². The van der Waals surface area contributed by atoms with E-state index in [1.807, 2.05) is 6.07 Å². The summed E-state index contributed by atoms with van der Waals surface area (Å²) < 4.78 is 213. The van der Waals surface area contributed by atoms with Crippen LogP contribution in [0.5, 0.6) is 0 Å². The molecule has 2 aromatic heterocycles. The van der Waals surface area contributed by atoms with Gasteiger partial charge in [-0.2, -0.15) is 71.1 Å². The maximum Gasteiger partial charge on any atom is 0.416 e. The maximum absolute atomic E-state index is 14.5. The van der Waals surface area contributed by atoms with Gasteiger partial charge in [0.25, 0.3) is 0 Å². The topological polar surface area (TPSA) is 33.6 Å². The molecule has 0 N–H and O–H groups in total. The predicted molar refractivity (Wildman–Crippen MR) is 190 cm³/mol. The molecule has 0 saturated heterocycles. The summed E-state index contributed by atoms with van der Waals surface area (Å²) in [4.78, 5) is 0. The highest BCUT2D eigenvalue weighted by molar-refractivity contribution is 6.12. The molecule has 6 aromatic carbocycles. The van der Waals surface area contributed by atoms with Crippen LogP contribution >= 0.6 is 0 Å². The molecular formula is C42H18F15N3. The smallest absolute Gasteiger partial charge is 0.309 e. The van der Waals surface area contributed by atoms with Crippen LogP contribution in [0.2, 0.25) is 0 Å². The Balaban J connectivity index is 1.52. The Morgan fingerprint density at radius 3 is 0.983 bits per heavy atom. The number of hydrogen-bond acceptors (Lipinski definition) is 1. The Morgan fingerprint density at radius 1 is 0.333 bits per heavy atom. The molecule has 0 atom stereocenters. The zero-order valence-corrected chi connectivity index (χ0v) is 29.4. The monoisotopic (exact) mass is 849 g/mol. The fraction of sp³-hybridized carbons (Fsp3) is 0.119. The van der Waals surface area contributed by atoms with Gasteiger partial charge in [0.1, 0.15) is 0 Å². The summed E-state index contributed by atoms with van der Waals surface area (Å²) in [7, 11) is 0. The second kappa shape index (κ2) is 13.2. The molecule has 2 heterocycles. The molecule has 0 unspecified atom stereocenters. The number of nitriles is 1. The molecule has 0 spiro atoms. The van der Waals surface area contributed by atoms with Gasteiger partial charge in [-0.1, -0.05) is 6.07 Å². The first-order valence-electron chi connectivity index (χ1n) is 17.1. The third kappa shape index (κ3) is 6.71. The molecule has 0 saturated carbocycles. The van der Waals surface area contributed by atoms with Gasteiger partial charge in [0.05, 0.1) is 72.9 Å². The van der Waals surface area contributed by atoms with E-state index < -0.39 is 64.3 Å². The predicted octanol–water partition coefficient (Wildman–Crippen LogP) is 14.5. The van der Waals surface area contributed by atoms with Gasteiger partial charge in [-0.05, 0) is 103 Å². The number of nitrogens with zero attached hydrogens (tertiary/aromatic N) is 3. The van der Waals surface area contributed by atoms with E-state index in [9.17, 15) is 71.1 Å². The molecule has 0 radical (unpaired) electrons. The zero-order valence-electron chi connectivity index (χ0n) is 29.4. The molecule has 3 nitrogen and oxygen atoms in total. The molecule has 0 aliphatic heterocycles. The zero-order chi connectivity index (χ0) is 43.5. The minimum atomic E-state index is -5.06. The number of hydrogen-bond donors (Lipinski definition) is 0. The lowest BCUT2D eigenvalue weighted by Crippen LogP contribution is -2.08. The molecule has 0 amide bonds. The molecule has 0 aliphatic rings. The Bertz CT molecular complexity index is 2950. The average Bonchev–Trinajstić information content (AvgIpc) is 3.67. The number of aromatic nitrogens is 2. The number of halogens is 15. The lowest BCUT2D eigenvalue weighted by molar-refractivity contribution is -0.138. The second-order valence-electron chi connectivity index (χ2n) is 13.7. The van der Waals surface area contributed by atoms with Gasteiger partial charge in [-0.3, -0.25) is 0 Å². The molecule has 0 aliphatic carbocycles. The SMILES string of the molecule is N#Cc1ccc(-c2cc(C(F)(F)F)ccc2-n2c3ccc(C(F)(F)F)cc3c3cc(C(F)(F)F)ccc32)c(-n2c3ccc(C(F)(F)F)cc3c3cc(C(F)(F)F)ccc32)c1. The van der Waals surface area contributed by atoms with Gasteiger partial charge in [-0.25, -0.2) is 0 Å². The van der Waals surface area contributed by atoms with Crippen molar-refractivity contribution in [2.45, 2.75) is 30.9 Å². The fourth-order valence-electron chi connectivity index (χ4n) is 7.41. The van der Waals surface area contributed by atoms with Crippen LogP contribution in [0.3, 0.4) is 0 Å². The maximum atomic E-state index is 14.5. The Hall–Kier alpha value is -6.64.